The summed E-state index contributed by atoms with van der Waals surface area (Å²) < 4.78 is -3.98. The molecule has 1 aromatic rings. The van der Waals surface area contributed by atoms with Gasteiger partial charge in [-0.3, -0.25) is 9.59 Å². The fourth-order valence-corrected chi connectivity index (χ4v) is 2.92. The molecule has 0 unspecified atom stereocenters. The number of carbonyl (C=O) groups is 2. The van der Waals surface area contributed by atoms with Crippen molar-refractivity contribution in [1.29, 1.82) is 0 Å². The van der Waals surface area contributed by atoms with Gasteiger partial charge in [0.1, 0.15) is 0 Å². The van der Waals surface area contributed by atoms with Gasteiger partial charge in [-0.05, 0) is 25.0 Å². The zero-order valence-corrected chi connectivity index (χ0v) is 18.7. The molecule has 0 saturated heterocycles. The Morgan fingerprint density at radius 1 is 0.731 bits per heavy atom. The van der Waals surface area contributed by atoms with Crippen LogP contribution in [-0.4, -0.2) is 42.3 Å². The van der Waals surface area contributed by atoms with Crippen LogP contribution in [0.1, 0.15) is 25.0 Å². The molecule has 0 radical (unpaired) electrons. The molecule has 0 saturated carbocycles. The lowest BCUT2D eigenvalue weighted by molar-refractivity contribution is -0.131. The van der Waals surface area contributed by atoms with Crippen molar-refractivity contribution in [3.05, 3.63) is 35.4 Å². The van der Waals surface area contributed by atoms with Crippen LogP contribution in [-0.2, 0) is 22.7 Å². The molecule has 1 rings (SSSR count). The Morgan fingerprint density at radius 2 is 1.00 bits per heavy atom. The number of alkyl halides is 6. The van der Waals surface area contributed by atoms with Crippen molar-refractivity contribution in [1.82, 2.24) is 9.80 Å². The predicted molar refractivity (Wildman–Crippen MR) is 109 cm³/mol. The van der Waals surface area contributed by atoms with Crippen molar-refractivity contribution in [2.45, 2.75) is 34.5 Å². The average molecular weight is 483 g/mol. The number of nitrogens with zero attached hydrogens (tertiary/aromatic N) is 2. The van der Waals surface area contributed by atoms with E-state index >= 15 is 0 Å². The smallest absolute Gasteiger partial charge is 0.275 e. The molecule has 2 amide bonds. The summed E-state index contributed by atoms with van der Waals surface area (Å²) in [7, 11) is 0. The zero-order valence-electron chi connectivity index (χ0n) is 14.1. The lowest BCUT2D eigenvalue weighted by Crippen LogP contribution is -2.39. The van der Waals surface area contributed by atoms with Gasteiger partial charge in [-0.1, -0.05) is 93.9 Å². The van der Waals surface area contributed by atoms with E-state index < -0.39 is 19.4 Å². The molecular weight excluding hydrogens is 465 g/mol. The normalized spacial score (nSPS) is 12.0. The molecule has 0 aliphatic rings. The standard InChI is InChI=1S/C16H18Cl6N2O2/c1-3-23(13(25)15(17,18)19)9-11-5-7-12(8-6-11)10-24(4-2)14(26)16(20,21)22/h5-8H,3-4,9-10H2,1-2H3. The Balaban J connectivity index is 2.82. The highest BCUT2D eigenvalue weighted by Crippen LogP contribution is 2.30. The highest BCUT2D eigenvalue weighted by atomic mass is 35.6. The monoisotopic (exact) mass is 480 g/mol. The van der Waals surface area contributed by atoms with Crippen molar-refractivity contribution in [2.75, 3.05) is 13.1 Å². The lowest BCUT2D eigenvalue weighted by Gasteiger charge is -2.25. The number of halogens is 6. The van der Waals surface area contributed by atoms with Crippen molar-refractivity contribution in [3.8, 4) is 0 Å². The number of rotatable bonds is 6. The highest BCUT2D eigenvalue weighted by Gasteiger charge is 2.35. The second-order valence-electron chi connectivity index (χ2n) is 5.45. The third-order valence-corrected chi connectivity index (χ3v) is 4.56. The van der Waals surface area contributed by atoms with Gasteiger partial charge in [0.25, 0.3) is 19.4 Å². The highest BCUT2D eigenvalue weighted by molar-refractivity contribution is 6.76. The van der Waals surface area contributed by atoms with E-state index in [-0.39, 0.29) is 0 Å². The summed E-state index contributed by atoms with van der Waals surface area (Å²) in [5, 5.41) is 0. The largest absolute Gasteiger partial charge is 0.335 e. The van der Waals surface area contributed by atoms with E-state index in [9.17, 15) is 9.59 Å². The molecule has 0 N–H and O–H groups in total. The van der Waals surface area contributed by atoms with Gasteiger partial charge in [-0.15, -0.1) is 0 Å². The fourth-order valence-electron chi connectivity index (χ4n) is 2.20. The molecule has 0 aromatic heterocycles. The summed E-state index contributed by atoms with van der Waals surface area (Å²) in [5.74, 6) is -1.17. The molecule has 4 nitrogen and oxygen atoms in total. The average Bonchev–Trinajstić information content (AvgIpc) is 2.55. The van der Waals surface area contributed by atoms with Crippen LogP contribution in [0.5, 0.6) is 0 Å². The summed E-state index contributed by atoms with van der Waals surface area (Å²) >= 11 is 33.9. The first kappa shape index (κ1) is 23.9. The van der Waals surface area contributed by atoms with Gasteiger partial charge >= 0.3 is 0 Å². The predicted octanol–water partition coefficient (Wildman–Crippen LogP) is 5.12. The SMILES string of the molecule is CCN(Cc1ccc(CN(CC)C(=O)C(Cl)(Cl)Cl)cc1)C(=O)C(Cl)(Cl)Cl. The number of carbonyl (C=O) groups excluding carboxylic acids is 2. The molecule has 26 heavy (non-hydrogen) atoms. The minimum atomic E-state index is -1.99. The summed E-state index contributed by atoms with van der Waals surface area (Å²) in [5.41, 5.74) is 1.71. The first-order chi connectivity index (χ1) is 11.9. The van der Waals surface area contributed by atoms with Gasteiger partial charge in [-0.2, -0.15) is 0 Å². The van der Waals surface area contributed by atoms with E-state index in [1.807, 2.05) is 24.3 Å². The second-order valence-corrected chi connectivity index (χ2v) is 10.0. The van der Waals surface area contributed by atoms with Crippen LogP contribution in [0, 0.1) is 0 Å². The Kier molecular flexibility index (Phi) is 9.12. The lowest BCUT2D eigenvalue weighted by atomic mass is 10.1. The van der Waals surface area contributed by atoms with Crippen LogP contribution < -0.4 is 0 Å². The van der Waals surface area contributed by atoms with Crippen LogP contribution in [0.15, 0.2) is 24.3 Å². The number of hydrogen-bond acceptors (Lipinski definition) is 2. The molecule has 0 fully saturated rings. The van der Waals surface area contributed by atoms with Crippen molar-refractivity contribution < 1.29 is 9.59 Å². The maximum absolute atomic E-state index is 12.1. The second kappa shape index (κ2) is 9.90. The summed E-state index contributed by atoms with van der Waals surface area (Å²) in [6.45, 7) is 4.99. The Bertz CT molecular complexity index is 570. The van der Waals surface area contributed by atoms with Crippen LogP contribution in [0.2, 0.25) is 0 Å². The van der Waals surface area contributed by atoms with Gasteiger partial charge in [0.05, 0.1) is 0 Å². The van der Waals surface area contributed by atoms with Crippen LogP contribution in [0.4, 0.5) is 0 Å². The number of amides is 2. The topological polar surface area (TPSA) is 40.6 Å². The molecule has 10 heteroatoms. The Labute approximate surface area is 183 Å². The Hall–Kier alpha value is -0.100. The summed E-state index contributed by atoms with van der Waals surface area (Å²) in [6, 6.07) is 7.32. The van der Waals surface area contributed by atoms with E-state index in [1.54, 1.807) is 13.8 Å². The van der Waals surface area contributed by atoms with Gasteiger partial charge in [0, 0.05) is 26.2 Å². The van der Waals surface area contributed by atoms with Crippen molar-refractivity contribution in [3.63, 3.8) is 0 Å². The number of benzene rings is 1. The van der Waals surface area contributed by atoms with Crippen LogP contribution in [0.25, 0.3) is 0 Å². The molecule has 0 aliphatic carbocycles. The first-order valence-corrected chi connectivity index (χ1v) is 9.96. The molecular formula is C16H18Cl6N2O2. The van der Waals surface area contributed by atoms with Gasteiger partial charge in [-0.25, -0.2) is 0 Å². The maximum Gasteiger partial charge on any atom is 0.275 e. The first-order valence-electron chi connectivity index (χ1n) is 7.70. The van der Waals surface area contributed by atoms with E-state index in [1.165, 1.54) is 9.80 Å². The zero-order chi connectivity index (χ0) is 20.1. The Morgan fingerprint density at radius 3 is 1.19 bits per heavy atom. The summed E-state index contributed by atoms with van der Waals surface area (Å²) in [6.07, 6.45) is 0. The van der Waals surface area contributed by atoms with Gasteiger partial charge in [0.2, 0.25) is 0 Å². The van der Waals surface area contributed by atoms with Crippen LogP contribution in [0.3, 0.4) is 0 Å². The van der Waals surface area contributed by atoms with Crippen molar-refractivity contribution >= 4 is 81.4 Å². The summed E-state index contributed by atoms with van der Waals surface area (Å²) in [4.78, 5) is 27.0. The minimum absolute atomic E-state index is 0.300. The van der Waals surface area contributed by atoms with E-state index in [0.717, 1.165) is 11.1 Å². The molecule has 146 valence electrons. The van der Waals surface area contributed by atoms with Gasteiger partial charge < -0.3 is 9.80 Å². The molecule has 0 aliphatic heterocycles. The van der Waals surface area contributed by atoms with E-state index in [4.69, 9.17) is 69.6 Å². The maximum atomic E-state index is 12.1. The number of hydrogen-bond donors (Lipinski definition) is 0. The van der Waals surface area contributed by atoms with Gasteiger partial charge in [0.15, 0.2) is 0 Å². The third-order valence-electron chi connectivity index (χ3n) is 3.59. The molecule has 1 aromatic carbocycles. The molecule has 0 atom stereocenters. The molecule has 0 spiro atoms. The quantitative estimate of drug-likeness (QED) is 0.528. The van der Waals surface area contributed by atoms with E-state index in [2.05, 4.69) is 0 Å². The molecule has 0 heterocycles. The molecule has 0 bridgehead atoms. The van der Waals surface area contributed by atoms with E-state index in [0.29, 0.717) is 26.2 Å². The third kappa shape index (κ3) is 7.14. The van der Waals surface area contributed by atoms with Crippen molar-refractivity contribution in [2.24, 2.45) is 0 Å². The van der Waals surface area contributed by atoms with Crippen LogP contribution >= 0.6 is 69.6 Å². The minimum Gasteiger partial charge on any atom is -0.335 e. The fraction of sp³-hybridized carbons (Fsp3) is 0.500.